The lowest BCUT2D eigenvalue weighted by atomic mass is 10.1. The molecule has 0 spiro atoms. The number of aromatic nitrogens is 3. The maximum atomic E-state index is 12.7. The molecule has 0 unspecified atom stereocenters. The molecule has 0 saturated carbocycles. The van der Waals surface area contributed by atoms with Gasteiger partial charge in [0.15, 0.2) is 5.82 Å². The number of hydrogen-bond acceptors (Lipinski definition) is 3. The Bertz CT molecular complexity index is 1070. The molecule has 0 radical (unpaired) electrons. The van der Waals surface area contributed by atoms with Gasteiger partial charge in [0.2, 0.25) is 5.82 Å². The van der Waals surface area contributed by atoms with Crippen LogP contribution in [0.5, 0.6) is 0 Å². The molecule has 1 N–H and O–H groups in total. The van der Waals surface area contributed by atoms with E-state index in [0.717, 1.165) is 22.4 Å². The van der Waals surface area contributed by atoms with Crippen molar-refractivity contribution in [3.05, 3.63) is 95.8 Å². The number of carbonyl (C=O) groups is 1. The van der Waals surface area contributed by atoms with Gasteiger partial charge in [-0.1, -0.05) is 54.1 Å². The maximum Gasteiger partial charge on any atom is 0.295 e. The van der Waals surface area contributed by atoms with Crippen molar-refractivity contribution >= 4 is 11.6 Å². The lowest BCUT2D eigenvalue weighted by molar-refractivity contribution is 0.101. The van der Waals surface area contributed by atoms with Crippen LogP contribution in [-0.4, -0.2) is 20.7 Å². The molecule has 0 aliphatic rings. The minimum absolute atomic E-state index is 0.127. The van der Waals surface area contributed by atoms with Crippen molar-refractivity contribution in [3.63, 3.8) is 0 Å². The molecule has 0 saturated heterocycles. The molecule has 28 heavy (non-hydrogen) atoms. The number of nitrogens with one attached hydrogen (secondary N) is 1. The summed E-state index contributed by atoms with van der Waals surface area (Å²) in [7, 11) is 0. The summed E-state index contributed by atoms with van der Waals surface area (Å²) in [5.41, 5.74) is 4.71. The predicted molar refractivity (Wildman–Crippen MR) is 111 cm³/mol. The van der Waals surface area contributed by atoms with Crippen molar-refractivity contribution in [3.8, 4) is 17.1 Å². The Kier molecular flexibility index (Phi) is 4.72. The fourth-order valence-electron chi connectivity index (χ4n) is 3.03. The van der Waals surface area contributed by atoms with Gasteiger partial charge in [-0.25, -0.2) is 9.67 Å². The third-order valence-electron chi connectivity index (χ3n) is 4.36. The second-order valence-corrected chi connectivity index (χ2v) is 6.70. The number of rotatable bonds is 4. The van der Waals surface area contributed by atoms with Gasteiger partial charge in [-0.15, -0.1) is 5.10 Å². The summed E-state index contributed by atoms with van der Waals surface area (Å²) in [6.45, 7) is 4.05. The van der Waals surface area contributed by atoms with Crippen LogP contribution in [0, 0.1) is 13.8 Å². The van der Waals surface area contributed by atoms with Crippen molar-refractivity contribution in [2.75, 3.05) is 5.32 Å². The first-order valence-corrected chi connectivity index (χ1v) is 9.08. The largest absolute Gasteiger partial charge is 0.319 e. The number of amides is 1. The first kappa shape index (κ1) is 17.7. The summed E-state index contributed by atoms with van der Waals surface area (Å²) < 4.78 is 1.72. The van der Waals surface area contributed by atoms with Crippen LogP contribution in [0.25, 0.3) is 17.1 Å². The van der Waals surface area contributed by atoms with E-state index < -0.39 is 0 Å². The molecular weight excluding hydrogens is 348 g/mol. The molecule has 1 amide bonds. The van der Waals surface area contributed by atoms with Crippen molar-refractivity contribution in [2.24, 2.45) is 0 Å². The van der Waals surface area contributed by atoms with Crippen molar-refractivity contribution in [2.45, 2.75) is 13.8 Å². The minimum Gasteiger partial charge on any atom is -0.319 e. The Morgan fingerprint density at radius 1 is 0.857 bits per heavy atom. The highest BCUT2D eigenvalue weighted by Crippen LogP contribution is 2.23. The van der Waals surface area contributed by atoms with E-state index in [1.54, 1.807) is 4.68 Å². The molecule has 1 heterocycles. The van der Waals surface area contributed by atoms with E-state index in [-0.39, 0.29) is 11.7 Å². The highest BCUT2D eigenvalue weighted by molar-refractivity contribution is 6.01. The molecule has 1 aromatic heterocycles. The molecule has 5 nitrogen and oxygen atoms in total. The molecule has 138 valence electrons. The lowest BCUT2D eigenvalue weighted by Gasteiger charge is -2.07. The van der Waals surface area contributed by atoms with Gasteiger partial charge in [-0.05, 0) is 49.7 Å². The summed E-state index contributed by atoms with van der Waals surface area (Å²) in [5, 5.41) is 7.36. The molecule has 0 aliphatic carbocycles. The maximum absolute atomic E-state index is 12.7. The summed E-state index contributed by atoms with van der Waals surface area (Å²) >= 11 is 0. The third kappa shape index (κ3) is 3.69. The molecule has 4 rings (SSSR count). The molecule has 0 atom stereocenters. The monoisotopic (exact) mass is 368 g/mol. The summed E-state index contributed by atoms with van der Waals surface area (Å²) in [6.07, 6.45) is 0. The van der Waals surface area contributed by atoms with Gasteiger partial charge in [0.1, 0.15) is 0 Å². The normalized spacial score (nSPS) is 10.6. The zero-order valence-corrected chi connectivity index (χ0v) is 15.8. The molecule has 0 fully saturated rings. The predicted octanol–water partition coefficient (Wildman–Crippen LogP) is 4.80. The SMILES string of the molecule is Cc1cccc(-c2nc(C(=O)Nc3ccccc3)nn2-c2cccc(C)c2)c1. The van der Waals surface area contributed by atoms with Gasteiger partial charge in [-0.3, -0.25) is 4.79 Å². The van der Waals surface area contributed by atoms with E-state index in [2.05, 4.69) is 15.4 Å². The molecule has 3 aromatic carbocycles. The molecule has 5 heteroatoms. The molecular formula is C23H20N4O. The quantitative estimate of drug-likeness (QED) is 0.563. The van der Waals surface area contributed by atoms with Crippen LogP contribution in [0.2, 0.25) is 0 Å². The molecule has 0 aliphatic heterocycles. The standard InChI is InChI=1S/C23H20N4O/c1-16-8-6-10-18(14-16)22-25-21(23(28)24-19-11-4-3-5-12-19)26-27(22)20-13-7-9-17(2)15-20/h3-15H,1-2H3,(H,24,28). The van der Waals surface area contributed by atoms with Crippen molar-refractivity contribution in [1.82, 2.24) is 14.8 Å². The average molecular weight is 368 g/mol. The Labute approximate surface area is 163 Å². The molecule has 0 bridgehead atoms. The zero-order chi connectivity index (χ0) is 19.5. The van der Waals surface area contributed by atoms with Crippen LogP contribution in [-0.2, 0) is 0 Å². The van der Waals surface area contributed by atoms with Crippen LogP contribution < -0.4 is 5.32 Å². The fraction of sp³-hybridized carbons (Fsp3) is 0.0870. The van der Waals surface area contributed by atoms with Crippen LogP contribution in [0.4, 0.5) is 5.69 Å². The van der Waals surface area contributed by atoms with Crippen LogP contribution in [0.15, 0.2) is 78.9 Å². The fourth-order valence-corrected chi connectivity index (χ4v) is 3.03. The van der Waals surface area contributed by atoms with Gasteiger partial charge in [-0.2, -0.15) is 0 Å². The number of anilines is 1. The van der Waals surface area contributed by atoms with Crippen LogP contribution in [0.3, 0.4) is 0 Å². The zero-order valence-electron chi connectivity index (χ0n) is 15.8. The summed E-state index contributed by atoms with van der Waals surface area (Å²) in [4.78, 5) is 17.3. The number of hydrogen-bond donors (Lipinski definition) is 1. The Balaban J connectivity index is 1.79. The van der Waals surface area contributed by atoms with Crippen molar-refractivity contribution in [1.29, 1.82) is 0 Å². The van der Waals surface area contributed by atoms with E-state index in [9.17, 15) is 4.79 Å². The second-order valence-electron chi connectivity index (χ2n) is 6.70. The first-order valence-electron chi connectivity index (χ1n) is 9.08. The van der Waals surface area contributed by atoms with Gasteiger partial charge in [0, 0.05) is 11.3 Å². The Morgan fingerprint density at radius 3 is 2.29 bits per heavy atom. The third-order valence-corrected chi connectivity index (χ3v) is 4.36. The number of nitrogens with zero attached hydrogens (tertiary/aromatic N) is 3. The topological polar surface area (TPSA) is 59.8 Å². The van der Waals surface area contributed by atoms with Gasteiger partial charge in [0.05, 0.1) is 5.69 Å². The number of carbonyl (C=O) groups excluding carboxylic acids is 1. The highest BCUT2D eigenvalue weighted by atomic mass is 16.2. The highest BCUT2D eigenvalue weighted by Gasteiger charge is 2.19. The van der Waals surface area contributed by atoms with E-state index in [0.29, 0.717) is 11.5 Å². The lowest BCUT2D eigenvalue weighted by Crippen LogP contribution is -2.14. The van der Waals surface area contributed by atoms with E-state index >= 15 is 0 Å². The van der Waals surface area contributed by atoms with Gasteiger partial charge < -0.3 is 5.32 Å². The minimum atomic E-state index is -0.341. The van der Waals surface area contributed by atoms with E-state index in [4.69, 9.17) is 0 Å². The second kappa shape index (κ2) is 7.48. The van der Waals surface area contributed by atoms with Crippen LogP contribution in [0.1, 0.15) is 21.7 Å². The van der Waals surface area contributed by atoms with Crippen molar-refractivity contribution < 1.29 is 4.79 Å². The summed E-state index contributed by atoms with van der Waals surface area (Å²) in [5.74, 6) is 0.417. The summed E-state index contributed by atoms with van der Waals surface area (Å²) in [6, 6.07) is 25.3. The Hall–Kier alpha value is -3.73. The van der Waals surface area contributed by atoms with Crippen LogP contribution >= 0.6 is 0 Å². The van der Waals surface area contributed by atoms with E-state index in [1.165, 1.54) is 0 Å². The first-order chi connectivity index (χ1) is 13.6. The number of aryl methyl sites for hydroxylation is 2. The Morgan fingerprint density at radius 2 is 1.57 bits per heavy atom. The average Bonchev–Trinajstić information content (AvgIpc) is 3.14. The van der Waals surface area contributed by atoms with Gasteiger partial charge >= 0.3 is 0 Å². The molecule has 4 aromatic rings. The van der Waals surface area contributed by atoms with E-state index in [1.807, 2.05) is 92.7 Å². The number of benzene rings is 3. The number of para-hydroxylation sites is 1. The smallest absolute Gasteiger partial charge is 0.295 e. The van der Waals surface area contributed by atoms with Gasteiger partial charge in [0.25, 0.3) is 5.91 Å².